The summed E-state index contributed by atoms with van der Waals surface area (Å²) in [6, 6.07) is 11.4. The predicted octanol–water partition coefficient (Wildman–Crippen LogP) is 3.52. The van der Waals surface area contributed by atoms with E-state index in [1.165, 1.54) is 36.9 Å². The van der Waals surface area contributed by atoms with E-state index in [0.717, 1.165) is 19.6 Å². The van der Waals surface area contributed by atoms with Gasteiger partial charge in [-0.05, 0) is 61.1 Å². The molecule has 1 aromatic heterocycles. The molecule has 1 aromatic carbocycles. The summed E-state index contributed by atoms with van der Waals surface area (Å²) in [6.07, 6.45) is 7.24. The summed E-state index contributed by atoms with van der Waals surface area (Å²) in [5, 5.41) is 3.48. The SMILES string of the molecule is CCCNCc1cccn1Cc1ccc2c(c1)CCC2. The fourth-order valence-electron chi connectivity index (χ4n) is 3.08. The van der Waals surface area contributed by atoms with Crippen LogP contribution in [0.1, 0.15) is 42.1 Å². The van der Waals surface area contributed by atoms with Gasteiger partial charge in [0.25, 0.3) is 0 Å². The molecule has 20 heavy (non-hydrogen) atoms. The number of nitrogens with zero attached hydrogens (tertiary/aromatic N) is 1. The molecule has 1 N–H and O–H groups in total. The van der Waals surface area contributed by atoms with Gasteiger partial charge < -0.3 is 9.88 Å². The maximum absolute atomic E-state index is 3.48. The van der Waals surface area contributed by atoms with Crippen molar-refractivity contribution < 1.29 is 0 Å². The van der Waals surface area contributed by atoms with Gasteiger partial charge in [0.1, 0.15) is 0 Å². The second kappa shape index (κ2) is 6.27. The number of aromatic nitrogens is 1. The molecule has 0 radical (unpaired) electrons. The Morgan fingerprint density at radius 1 is 1.15 bits per heavy atom. The Bertz CT molecular complexity index is 569. The highest BCUT2D eigenvalue weighted by Crippen LogP contribution is 2.23. The van der Waals surface area contributed by atoms with Crippen LogP contribution < -0.4 is 5.32 Å². The summed E-state index contributed by atoms with van der Waals surface area (Å²) in [5.74, 6) is 0. The first-order chi connectivity index (χ1) is 9.86. The molecule has 106 valence electrons. The van der Waals surface area contributed by atoms with E-state index < -0.39 is 0 Å². The molecular formula is C18H24N2. The Morgan fingerprint density at radius 3 is 2.95 bits per heavy atom. The Hall–Kier alpha value is -1.54. The summed E-state index contributed by atoms with van der Waals surface area (Å²) in [4.78, 5) is 0. The highest BCUT2D eigenvalue weighted by atomic mass is 15.0. The van der Waals surface area contributed by atoms with E-state index in [9.17, 15) is 0 Å². The van der Waals surface area contributed by atoms with Crippen LogP contribution in [0.5, 0.6) is 0 Å². The van der Waals surface area contributed by atoms with Crippen molar-refractivity contribution in [2.45, 2.75) is 45.7 Å². The van der Waals surface area contributed by atoms with Crippen LogP contribution in [0.3, 0.4) is 0 Å². The first-order valence-electron chi connectivity index (χ1n) is 7.82. The minimum absolute atomic E-state index is 0.964. The molecule has 3 rings (SSSR count). The molecule has 0 unspecified atom stereocenters. The van der Waals surface area contributed by atoms with E-state index in [1.54, 1.807) is 11.1 Å². The molecule has 0 aliphatic heterocycles. The average Bonchev–Trinajstić information content (AvgIpc) is 3.08. The predicted molar refractivity (Wildman–Crippen MR) is 84.0 cm³/mol. The van der Waals surface area contributed by atoms with Crippen LogP contribution in [0.25, 0.3) is 0 Å². The van der Waals surface area contributed by atoms with Gasteiger partial charge in [-0.2, -0.15) is 0 Å². The highest BCUT2D eigenvalue weighted by Gasteiger charge is 2.11. The molecule has 2 heteroatoms. The zero-order valence-corrected chi connectivity index (χ0v) is 12.4. The molecule has 0 amide bonds. The van der Waals surface area contributed by atoms with Crippen LogP contribution in [-0.2, 0) is 25.9 Å². The van der Waals surface area contributed by atoms with E-state index in [0.29, 0.717) is 0 Å². The molecule has 1 aliphatic rings. The first-order valence-corrected chi connectivity index (χ1v) is 7.82. The average molecular weight is 268 g/mol. The minimum Gasteiger partial charge on any atom is -0.346 e. The second-order valence-electron chi connectivity index (χ2n) is 5.76. The maximum Gasteiger partial charge on any atom is 0.0473 e. The molecule has 0 atom stereocenters. The quantitative estimate of drug-likeness (QED) is 0.793. The van der Waals surface area contributed by atoms with Gasteiger partial charge in [0.2, 0.25) is 0 Å². The molecule has 0 spiro atoms. The van der Waals surface area contributed by atoms with E-state index in [-0.39, 0.29) is 0 Å². The van der Waals surface area contributed by atoms with E-state index in [2.05, 4.69) is 53.3 Å². The van der Waals surface area contributed by atoms with Gasteiger partial charge in [-0.15, -0.1) is 0 Å². The lowest BCUT2D eigenvalue weighted by molar-refractivity contribution is 0.630. The minimum atomic E-state index is 0.964. The van der Waals surface area contributed by atoms with Crippen molar-refractivity contribution in [2.75, 3.05) is 6.54 Å². The van der Waals surface area contributed by atoms with E-state index >= 15 is 0 Å². The summed E-state index contributed by atoms with van der Waals surface area (Å²) < 4.78 is 2.36. The molecule has 0 bridgehead atoms. The van der Waals surface area contributed by atoms with Gasteiger partial charge >= 0.3 is 0 Å². The highest BCUT2D eigenvalue weighted by molar-refractivity contribution is 5.35. The molecule has 2 aromatic rings. The fraction of sp³-hybridized carbons (Fsp3) is 0.444. The van der Waals surface area contributed by atoms with Crippen molar-refractivity contribution in [1.82, 2.24) is 9.88 Å². The monoisotopic (exact) mass is 268 g/mol. The smallest absolute Gasteiger partial charge is 0.0473 e. The third-order valence-corrected chi connectivity index (χ3v) is 4.17. The van der Waals surface area contributed by atoms with Crippen LogP contribution in [0.15, 0.2) is 36.5 Å². The third-order valence-electron chi connectivity index (χ3n) is 4.17. The lowest BCUT2D eigenvalue weighted by Crippen LogP contribution is -2.17. The van der Waals surface area contributed by atoms with Gasteiger partial charge in [0, 0.05) is 25.0 Å². The number of benzene rings is 1. The number of aryl methyl sites for hydroxylation is 2. The Morgan fingerprint density at radius 2 is 2.05 bits per heavy atom. The van der Waals surface area contributed by atoms with Crippen LogP contribution in [0, 0.1) is 0 Å². The number of rotatable bonds is 6. The van der Waals surface area contributed by atoms with Gasteiger partial charge in [-0.3, -0.25) is 0 Å². The zero-order chi connectivity index (χ0) is 13.8. The lowest BCUT2D eigenvalue weighted by Gasteiger charge is -2.11. The second-order valence-corrected chi connectivity index (χ2v) is 5.76. The summed E-state index contributed by atoms with van der Waals surface area (Å²) in [5.41, 5.74) is 5.93. The van der Waals surface area contributed by atoms with Crippen LogP contribution in [0.2, 0.25) is 0 Å². The van der Waals surface area contributed by atoms with Crippen LogP contribution >= 0.6 is 0 Å². The molecule has 0 saturated heterocycles. The molecule has 1 heterocycles. The van der Waals surface area contributed by atoms with Gasteiger partial charge in [-0.25, -0.2) is 0 Å². The Balaban J connectivity index is 1.70. The van der Waals surface area contributed by atoms with Gasteiger partial charge in [-0.1, -0.05) is 25.1 Å². The summed E-state index contributed by atoms with van der Waals surface area (Å²) in [7, 11) is 0. The molecular weight excluding hydrogens is 244 g/mol. The van der Waals surface area contributed by atoms with Crippen molar-refractivity contribution in [3.8, 4) is 0 Å². The standard InChI is InChI=1S/C18H24N2/c1-2-10-19-13-18-7-4-11-20(18)14-15-8-9-16-5-3-6-17(16)12-15/h4,7-9,11-12,19H,2-3,5-6,10,13-14H2,1H3. The van der Waals surface area contributed by atoms with Crippen molar-refractivity contribution in [2.24, 2.45) is 0 Å². The van der Waals surface area contributed by atoms with Crippen LogP contribution in [-0.4, -0.2) is 11.1 Å². The Labute approximate surface area is 121 Å². The Kier molecular flexibility index (Phi) is 4.22. The first kappa shape index (κ1) is 13.4. The van der Waals surface area contributed by atoms with E-state index in [4.69, 9.17) is 0 Å². The topological polar surface area (TPSA) is 17.0 Å². The molecule has 1 aliphatic carbocycles. The largest absolute Gasteiger partial charge is 0.346 e. The van der Waals surface area contributed by atoms with Crippen molar-refractivity contribution in [1.29, 1.82) is 0 Å². The number of nitrogens with one attached hydrogen (secondary N) is 1. The molecule has 0 saturated carbocycles. The third kappa shape index (κ3) is 2.96. The number of hydrogen-bond donors (Lipinski definition) is 1. The van der Waals surface area contributed by atoms with E-state index in [1.807, 2.05) is 0 Å². The number of hydrogen-bond acceptors (Lipinski definition) is 1. The zero-order valence-electron chi connectivity index (χ0n) is 12.4. The van der Waals surface area contributed by atoms with Gasteiger partial charge in [0.05, 0.1) is 0 Å². The maximum atomic E-state index is 3.48. The van der Waals surface area contributed by atoms with Crippen molar-refractivity contribution >= 4 is 0 Å². The van der Waals surface area contributed by atoms with Gasteiger partial charge in [0.15, 0.2) is 0 Å². The van der Waals surface area contributed by atoms with Crippen LogP contribution in [0.4, 0.5) is 0 Å². The normalized spacial score (nSPS) is 13.7. The number of fused-ring (bicyclic) bond motifs is 1. The molecule has 2 nitrogen and oxygen atoms in total. The summed E-state index contributed by atoms with van der Waals surface area (Å²) >= 11 is 0. The summed E-state index contributed by atoms with van der Waals surface area (Å²) in [6.45, 7) is 5.25. The van der Waals surface area contributed by atoms with Crippen molar-refractivity contribution in [3.05, 3.63) is 58.9 Å². The fourth-order valence-corrected chi connectivity index (χ4v) is 3.08. The lowest BCUT2D eigenvalue weighted by atomic mass is 10.1. The van der Waals surface area contributed by atoms with Crippen molar-refractivity contribution in [3.63, 3.8) is 0 Å². The molecule has 0 fully saturated rings.